The molecule has 3 fully saturated rings. The lowest BCUT2D eigenvalue weighted by Crippen LogP contribution is -2.71. The van der Waals surface area contributed by atoms with Crippen LogP contribution in [0, 0.1) is 0 Å². The van der Waals surface area contributed by atoms with Gasteiger partial charge in [-0.2, -0.15) is 0 Å². The van der Waals surface area contributed by atoms with E-state index >= 15 is 0 Å². The normalized spacial score (nSPS) is 43.5. The molecule has 15 unspecified atom stereocenters. The molecule has 11 N–H and O–H groups in total. The fourth-order valence-electron chi connectivity index (χ4n) is 5.27. The Kier molecular flexibility index (Phi) is 12.5. The van der Waals surface area contributed by atoms with Crippen LogP contribution in [0.4, 0.5) is 0 Å². The van der Waals surface area contributed by atoms with Crippen LogP contribution in [0.25, 0.3) is 0 Å². The third-order valence-electron chi connectivity index (χ3n) is 7.30. The van der Waals surface area contributed by atoms with Crippen LogP contribution in [0.2, 0.25) is 0 Å². The topological polar surface area (TPSA) is 295 Å². The summed E-state index contributed by atoms with van der Waals surface area (Å²) < 4.78 is 28.3. The average Bonchev–Trinajstić information content (AvgIpc) is 2.94. The maximum absolute atomic E-state index is 12.3. The van der Waals surface area contributed by atoms with Crippen LogP contribution in [-0.2, 0) is 38.1 Å². The summed E-state index contributed by atoms with van der Waals surface area (Å²) in [4.78, 5) is 36.0. The maximum Gasteiger partial charge on any atom is 0.217 e. The molecule has 15 atom stereocenters. The van der Waals surface area contributed by atoms with Crippen molar-refractivity contribution in [2.45, 2.75) is 113 Å². The molecule has 3 heterocycles. The molecule has 3 aliphatic heterocycles. The van der Waals surface area contributed by atoms with E-state index in [9.17, 15) is 55.2 Å². The fourth-order valence-corrected chi connectivity index (χ4v) is 5.27. The first-order valence-electron chi connectivity index (χ1n) is 13.5. The van der Waals surface area contributed by atoms with Crippen molar-refractivity contribution < 1.29 is 78.9 Å². The Morgan fingerprint density at radius 3 is 1.40 bits per heavy atom. The molecule has 3 aliphatic rings. The molecule has 0 aromatic carbocycles. The largest absolute Gasteiger partial charge is 0.394 e. The van der Waals surface area contributed by atoms with Crippen molar-refractivity contribution in [2.24, 2.45) is 0 Å². The Balaban J connectivity index is 2.00. The molecule has 0 bridgehead atoms. The Hall–Kier alpha value is -2.11. The highest BCUT2D eigenvalue weighted by Gasteiger charge is 2.54. The van der Waals surface area contributed by atoms with Crippen molar-refractivity contribution in [3.8, 4) is 0 Å². The van der Waals surface area contributed by atoms with E-state index in [1.807, 2.05) is 0 Å². The predicted molar refractivity (Wildman–Crippen MR) is 136 cm³/mol. The van der Waals surface area contributed by atoms with Gasteiger partial charge in [0.15, 0.2) is 18.9 Å². The number of amides is 3. The monoisotopic (exact) mass is 627 g/mol. The summed E-state index contributed by atoms with van der Waals surface area (Å²) >= 11 is 0. The number of aliphatic hydroxyl groups excluding tert-OH is 8. The Bertz CT molecular complexity index is 962. The molecule has 43 heavy (non-hydrogen) atoms. The van der Waals surface area contributed by atoms with E-state index in [1.54, 1.807) is 0 Å². The molecule has 3 rings (SSSR count). The molecule has 248 valence electrons. The third kappa shape index (κ3) is 8.14. The number of nitrogens with one attached hydrogen (secondary N) is 3. The summed E-state index contributed by atoms with van der Waals surface area (Å²) in [6.07, 6.45) is -19.3. The predicted octanol–water partition coefficient (Wildman–Crippen LogP) is -7.14. The molecule has 0 aromatic heterocycles. The number of carbonyl (C=O) groups excluding carboxylic acids is 3. The Morgan fingerprint density at radius 2 is 0.930 bits per heavy atom. The van der Waals surface area contributed by atoms with Gasteiger partial charge >= 0.3 is 0 Å². The molecule has 0 aromatic rings. The number of hydrogen-bond acceptors (Lipinski definition) is 16. The molecule has 0 spiro atoms. The molecule has 3 saturated heterocycles. The maximum atomic E-state index is 12.3. The summed E-state index contributed by atoms with van der Waals surface area (Å²) in [5.41, 5.74) is 0. The van der Waals surface area contributed by atoms with Crippen molar-refractivity contribution in [3.05, 3.63) is 0 Å². The van der Waals surface area contributed by atoms with Gasteiger partial charge in [0.1, 0.15) is 73.1 Å². The first-order valence-corrected chi connectivity index (χ1v) is 13.5. The molecule has 0 aliphatic carbocycles. The van der Waals surface area contributed by atoms with Gasteiger partial charge in [0.2, 0.25) is 17.7 Å². The second-order valence-electron chi connectivity index (χ2n) is 10.5. The molecule has 19 nitrogen and oxygen atoms in total. The van der Waals surface area contributed by atoms with Crippen LogP contribution < -0.4 is 16.0 Å². The highest BCUT2D eigenvalue weighted by Crippen LogP contribution is 2.32. The summed E-state index contributed by atoms with van der Waals surface area (Å²) in [6, 6.07) is -4.37. The molecular weight excluding hydrogens is 586 g/mol. The van der Waals surface area contributed by atoms with Gasteiger partial charge in [-0.3, -0.25) is 14.4 Å². The Morgan fingerprint density at radius 1 is 0.558 bits per heavy atom. The average molecular weight is 628 g/mol. The van der Waals surface area contributed by atoms with Gasteiger partial charge in [-0.15, -0.1) is 0 Å². The van der Waals surface area contributed by atoms with Gasteiger partial charge < -0.3 is 80.5 Å². The van der Waals surface area contributed by atoms with Crippen LogP contribution in [0.5, 0.6) is 0 Å². The molecule has 3 amide bonds. The smallest absolute Gasteiger partial charge is 0.217 e. The second kappa shape index (κ2) is 15.3. The van der Waals surface area contributed by atoms with Gasteiger partial charge in [-0.05, 0) is 0 Å². The quantitative estimate of drug-likeness (QED) is 0.107. The summed E-state index contributed by atoms with van der Waals surface area (Å²) in [5.74, 6) is -2.01. The zero-order chi connectivity index (χ0) is 32.2. The van der Waals surface area contributed by atoms with E-state index in [4.69, 9.17) is 23.7 Å². The molecule has 0 saturated carbocycles. The van der Waals surface area contributed by atoms with Crippen molar-refractivity contribution in [1.29, 1.82) is 0 Å². The van der Waals surface area contributed by atoms with E-state index in [0.717, 1.165) is 20.8 Å². The van der Waals surface area contributed by atoms with Crippen molar-refractivity contribution in [3.63, 3.8) is 0 Å². The van der Waals surface area contributed by atoms with E-state index < -0.39 is 129 Å². The number of ether oxygens (including phenoxy) is 5. The van der Waals surface area contributed by atoms with Gasteiger partial charge in [-0.25, -0.2) is 0 Å². The number of carbonyl (C=O) groups is 3. The van der Waals surface area contributed by atoms with Crippen LogP contribution >= 0.6 is 0 Å². The van der Waals surface area contributed by atoms with Crippen LogP contribution in [0.15, 0.2) is 0 Å². The lowest BCUT2D eigenvalue weighted by Gasteiger charge is -2.50. The van der Waals surface area contributed by atoms with Crippen molar-refractivity contribution in [1.82, 2.24) is 16.0 Å². The summed E-state index contributed by atoms with van der Waals surface area (Å²) in [5, 5.41) is 89.9. The minimum absolute atomic E-state index is 0.651. The first kappa shape index (κ1) is 35.4. The third-order valence-corrected chi connectivity index (χ3v) is 7.30. The SMILES string of the molecule is CC(=O)NC1C(OC2C(O)C(CO)OC(OC3C(O)C(CO)OC(O)C3NC(C)=O)C2NC(C)=O)OC(CO)C(O)C1O. The van der Waals surface area contributed by atoms with Crippen LogP contribution in [0.3, 0.4) is 0 Å². The van der Waals surface area contributed by atoms with Crippen molar-refractivity contribution in [2.75, 3.05) is 19.8 Å². The van der Waals surface area contributed by atoms with Gasteiger partial charge in [0, 0.05) is 20.8 Å². The first-order chi connectivity index (χ1) is 20.2. The van der Waals surface area contributed by atoms with Crippen LogP contribution in [0.1, 0.15) is 20.8 Å². The minimum Gasteiger partial charge on any atom is -0.394 e. The lowest BCUT2D eigenvalue weighted by molar-refractivity contribution is -0.347. The van der Waals surface area contributed by atoms with Gasteiger partial charge in [0.25, 0.3) is 0 Å². The fraction of sp³-hybridized carbons (Fsp3) is 0.875. The second-order valence-corrected chi connectivity index (χ2v) is 10.5. The minimum atomic E-state index is -1.78. The van der Waals surface area contributed by atoms with Crippen molar-refractivity contribution >= 4 is 17.7 Å². The van der Waals surface area contributed by atoms with Gasteiger partial charge in [-0.1, -0.05) is 0 Å². The standard InChI is InChI=1S/C24H41N3O16/c1-7(31)25-13-19(37)16(34)10(4-28)40-23(13)43-21-15(27-9(3)33)24(41-12(6-30)18(21)36)42-20-14(26-8(2)32)22(38)39-11(5-29)17(20)35/h10-24,28-30,34-38H,4-6H2,1-3H3,(H,25,31)(H,26,32)(H,27,33). The van der Waals surface area contributed by atoms with E-state index in [2.05, 4.69) is 16.0 Å². The zero-order valence-electron chi connectivity index (χ0n) is 23.6. The lowest BCUT2D eigenvalue weighted by atomic mass is 9.93. The van der Waals surface area contributed by atoms with E-state index in [1.165, 1.54) is 0 Å². The number of hydrogen-bond donors (Lipinski definition) is 11. The molecule has 0 radical (unpaired) electrons. The zero-order valence-corrected chi connectivity index (χ0v) is 23.6. The number of rotatable bonds is 10. The van der Waals surface area contributed by atoms with Crippen LogP contribution in [-0.4, -0.2) is 170 Å². The highest BCUT2D eigenvalue weighted by atomic mass is 16.7. The highest BCUT2D eigenvalue weighted by molar-refractivity contribution is 5.74. The molecular formula is C24H41N3O16. The summed E-state index contributed by atoms with van der Waals surface area (Å²) in [7, 11) is 0. The van der Waals surface area contributed by atoms with Gasteiger partial charge in [0.05, 0.1) is 19.8 Å². The molecule has 19 heteroatoms. The Labute approximate surface area is 245 Å². The number of aliphatic hydroxyl groups is 8. The van der Waals surface area contributed by atoms with E-state index in [-0.39, 0.29) is 0 Å². The summed E-state index contributed by atoms with van der Waals surface area (Å²) in [6.45, 7) is 0.964. The van der Waals surface area contributed by atoms with E-state index in [0.29, 0.717) is 0 Å².